The molecule has 3 nitrogen and oxygen atoms in total. The van der Waals surface area contributed by atoms with Gasteiger partial charge in [0.2, 0.25) is 0 Å². The lowest BCUT2D eigenvalue weighted by molar-refractivity contribution is 0.0600. The van der Waals surface area contributed by atoms with E-state index in [9.17, 15) is 13.6 Å². The highest BCUT2D eigenvalue weighted by atomic mass is 35.5. The summed E-state index contributed by atoms with van der Waals surface area (Å²) in [6.45, 7) is 2.13. The predicted octanol–water partition coefficient (Wildman–Crippen LogP) is 8.67. The first-order chi connectivity index (χ1) is 17.4. The van der Waals surface area contributed by atoms with Crippen LogP contribution in [0.4, 0.5) is 8.78 Å². The van der Waals surface area contributed by atoms with Gasteiger partial charge in [-0.3, -0.25) is 3.97 Å². The van der Waals surface area contributed by atoms with Gasteiger partial charge in [-0.25, -0.2) is 13.6 Å². The second kappa shape index (κ2) is 9.96. The summed E-state index contributed by atoms with van der Waals surface area (Å²) in [5, 5.41) is 1.21. The topological polar surface area (TPSA) is 31.2 Å². The van der Waals surface area contributed by atoms with Crippen LogP contribution in [0.1, 0.15) is 23.7 Å². The highest BCUT2D eigenvalue weighted by Crippen LogP contribution is 2.41. The third-order valence-electron chi connectivity index (χ3n) is 6.25. The van der Waals surface area contributed by atoms with Crippen molar-refractivity contribution in [3.8, 4) is 22.4 Å². The molecule has 1 heterocycles. The van der Waals surface area contributed by atoms with Gasteiger partial charge >= 0.3 is 5.97 Å². The van der Waals surface area contributed by atoms with Crippen molar-refractivity contribution in [2.45, 2.75) is 13.3 Å². The summed E-state index contributed by atoms with van der Waals surface area (Å²) in [7, 11) is 1.32. The fourth-order valence-electron chi connectivity index (χ4n) is 4.32. The minimum Gasteiger partial charge on any atom is -0.465 e. The van der Waals surface area contributed by atoms with E-state index in [0.29, 0.717) is 22.2 Å². The maximum absolute atomic E-state index is 14.9. The Bertz CT molecular complexity index is 1540. The molecular weight excluding hydrogens is 500 g/mol. The number of carbonyl (C=O) groups excluding carboxylic acids is 1. The lowest BCUT2D eigenvalue weighted by atomic mass is 10.0. The van der Waals surface area contributed by atoms with Gasteiger partial charge < -0.3 is 4.74 Å². The molecule has 0 N–H and O–H groups in total. The Morgan fingerprint density at radius 1 is 1.08 bits per heavy atom. The molecule has 1 aliphatic rings. The molecule has 0 saturated heterocycles. The summed E-state index contributed by atoms with van der Waals surface area (Å²) in [4.78, 5) is 13.0. The molecule has 7 heteroatoms. The van der Waals surface area contributed by atoms with Crippen molar-refractivity contribution in [3.63, 3.8) is 0 Å². The Morgan fingerprint density at radius 2 is 1.86 bits per heavy atom. The largest absolute Gasteiger partial charge is 0.465 e. The number of fused-ring (bicyclic) bond motifs is 1. The molecule has 36 heavy (non-hydrogen) atoms. The minimum absolute atomic E-state index is 0.0668. The van der Waals surface area contributed by atoms with Gasteiger partial charge in [0.25, 0.3) is 0 Å². The number of hydrogen-bond acceptors (Lipinski definition) is 3. The second-order valence-electron chi connectivity index (χ2n) is 8.61. The maximum Gasteiger partial charge on any atom is 0.337 e. The van der Waals surface area contributed by atoms with E-state index in [-0.39, 0.29) is 5.56 Å². The highest BCUT2D eigenvalue weighted by molar-refractivity contribution is 8.01. The summed E-state index contributed by atoms with van der Waals surface area (Å²) < 4.78 is 36.4. The normalized spacial score (nSPS) is 15.2. The SMILES string of the molecule is COC(=O)c1ccc(-c2ccc3c(c2)cc(-c2c(F)cccc2F)n3SC2=CC=CCC2C)c(Cl)c1. The second-order valence-corrected chi connectivity index (χ2v) is 10.0. The van der Waals surface area contributed by atoms with Crippen LogP contribution in [0, 0.1) is 17.6 Å². The molecule has 4 aromatic rings. The van der Waals surface area contributed by atoms with Crippen molar-refractivity contribution in [2.75, 3.05) is 7.11 Å². The Morgan fingerprint density at radius 3 is 2.56 bits per heavy atom. The third kappa shape index (κ3) is 4.47. The Hall–Kier alpha value is -3.35. The maximum atomic E-state index is 14.9. The molecule has 1 aliphatic carbocycles. The Kier molecular flexibility index (Phi) is 6.73. The lowest BCUT2D eigenvalue weighted by Crippen LogP contribution is -2.02. The van der Waals surface area contributed by atoms with Gasteiger partial charge in [-0.05, 0) is 72.3 Å². The van der Waals surface area contributed by atoms with Crippen LogP contribution in [0.25, 0.3) is 33.3 Å². The van der Waals surface area contributed by atoms with E-state index in [4.69, 9.17) is 16.3 Å². The van der Waals surface area contributed by atoms with Gasteiger partial charge in [-0.2, -0.15) is 0 Å². The number of halogens is 3. The van der Waals surface area contributed by atoms with E-state index in [0.717, 1.165) is 33.4 Å². The number of methoxy groups -OCH3 is 1. The van der Waals surface area contributed by atoms with Gasteiger partial charge in [0.15, 0.2) is 0 Å². The molecular formula is C29H22ClF2NO2S. The Balaban J connectivity index is 1.66. The smallest absolute Gasteiger partial charge is 0.337 e. The first-order valence-corrected chi connectivity index (χ1v) is 12.6. The molecule has 0 bridgehead atoms. The van der Waals surface area contributed by atoms with Crippen molar-refractivity contribution in [3.05, 3.63) is 106 Å². The molecule has 1 atom stereocenters. The summed E-state index contributed by atoms with van der Waals surface area (Å²) in [6.07, 6.45) is 7.08. The molecule has 3 aromatic carbocycles. The van der Waals surface area contributed by atoms with Crippen LogP contribution < -0.4 is 0 Å². The average molecular weight is 522 g/mol. The zero-order valence-electron chi connectivity index (χ0n) is 19.6. The zero-order chi connectivity index (χ0) is 25.4. The van der Waals surface area contributed by atoms with Crippen LogP contribution in [0.3, 0.4) is 0 Å². The Labute approximate surface area is 217 Å². The van der Waals surface area contributed by atoms with Crippen molar-refractivity contribution in [2.24, 2.45) is 5.92 Å². The van der Waals surface area contributed by atoms with E-state index in [1.54, 1.807) is 24.3 Å². The van der Waals surface area contributed by atoms with Crippen molar-refractivity contribution in [1.29, 1.82) is 0 Å². The van der Waals surface area contributed by atoms with Crippen LogP contribution in [0.15, 0.2) is 83.8 Å². The molecule has 0 fully saturated rings. The van der Waals surface area contributed by atoms with Gasteiger partial charge in [0, 0.05) is 20.9 Å². The van der Waals surface area contributed by atoms with Crippen molar-refractivity contribution < 1.29 is 18.3 Å². The summed E-state index contributed by atoms with van der Waals surface area (Å²) in [5.41, 5.74) is 3.11. The number of nitrogens with zero attached hydrogens (tertiary/aromatic N) is 1. The van der Waals surface area contributed by atoms with Crippen LogP contribution in [-0.4, -0.2) is 17.1 Å². The van der Waals surface area contributed by atoms with Gasteiger partial charge in [-0.15, -0.1) is 0 Å². The minimum atomic E-state index is -0.619. The number of benzene rings is 3. The molecule has 1 unspecified atom stereocenters. The fourth-order valence-corrected chi connectivity index (χ4v) is 5.74. The van der Waals surface area contributed by atoms with E-state index in [1.165, 1.54) is 37.3 Å². The number of carbonyl (C=O) groups is 1. The molecule has 182 valence electrons. The number of aromatic nitrogens is 1. The van der Waals surface area contributed by atoms with E-state index in [1.807, 2.05) is 34.3 Å². The quantitative estimate of drug-likeness (QED) is 0.246. The third-order valence-corrected chi connectivity index (χ3v) is 7.88. The lowest BCUT2D eigenvalue weighted by Gasteiger charge is -2.19. The monoisotopic (exact) mass is 521 g/mol. The van der Waals surface area contributed by atoms with E-state index < -0.39 is 17.6 Å². The molecule has 0 radical (unpaired) electrons. The number of esters is 1. The summed E-state index contributed by atoms with van der Waals surface area (Å²) in [5.74, 6) is -1.41. The van der Waals surface area contributed by atoms with E-state index in [2.05, 4.69) is 13.0 Å². The molecule has 0 amide bonds. The van der Waals surface area contributed by atoms with E-state index >= 15 is 0 Å². The van der Waals surface area contributed by atoms with Crippen LogP contribution in [-0.2, 0) is 4.74 Å². The number of ether oxygens (including phenoxy) is 1. The van der Waals surface area contributed by atoms with Gasteiger partial charge in [-0.1, -0.05) is 55.0 Å². The van der Waals surface area contributed by atoms with Crippen LogP contribution >= 0.6 is 23.5 Å². The summed E-state index contributed by atoms with van der Waals surface area (Å²) in [6, 6.07) is 16.5. The molecule has 0 saturated carbocycles. The van der Waals surface area contributed by atoms with Crippen LogP contribution in [0.2, 0.25) is 5.02 Å². The molecule has 0 aliphatic heterocycles. The first kappa shape index (κ1) is 24.3. The van der Waals surface area contributed by atoms with Gasteiger partial charge in [0.1, 0.15) is 11.6 Å². The first-order valence-electron chi connectivity index (χ1n) is 11.4. The van der Waals surface area contributed by atoms with Crippen LogP contribution in [0.5, 0.6) is 0 Å². The zero-order valence-corrected chi connectivity index (χ0v) is 21.2. The number of rotatable bonds is 5. The average Bonchev–Trinajstić information content (AvgIpc) is 3.21. The van der Waals surface area contributed by atoms with Gasteiger partial charge in [0.05, 0.1) is 29.4 Å². The predicted molar refractivity (Wildman–Crippen MR) is 143 cm³/mol. The standard InChI is InChI=1S/C29H22ClF2NO2S/c1-17-6-3-4-9-27(17)36-33-25-13-11-18(21-12-10-19(15-22(21)30)29(34)35-2)14-20(25)16-26(33)28-23(31)7-5-8-24(28)32/h3-5,7-17H,6H2,1-2H3. The molecule has 5 rings (SSSR count). The number of hydrogen-bond donors (Lipinski definition) is 0. The molecule has 1 aromatic heterocycles. The van der Waals surface area contributed by atoms with Crippen molar-refractivity contribution in [1.82, 2.24) is 3.97 Å². The molecule has 0 spiro atoms. The fraction of sp³-hybridized carbons (Fsp3) is 0.138. The van der Waals surface area contributed by atoms with Crippen molar-refractivity contribution >= 4 is 40.4 Å². The summed E-state index contributed by atoms with van der Waals surface area (Å²) >= 11 is 7.98. The highest BCUT2D eigenvalue weighted by Gasteiger charge is 2.22. The number of allylic oxidation sites excluding steroid dienone is 4.